The Morgan fingerprint density at radius 2 is 1.05 bits per heavy atom. The lowest BCUT2D eigenvalue weighted by molar-refractivity contribution is 0.692. The normalized spacial score (nSPS) is 11.3. The molecule has 0 nitrogen and oxygen atoms in total. The summed E-state index contributed by atoms with van der Waals surface area (Å²) in [7, 11) is 0. The van der Waals surface area contributed by atoms with E-state index in [0.29, 0.717) is 0 Å². The number of aryl methyl sites for hydroxylation is 1. The van der Waals surface area contributed by atoms with E-state index >= 15 is 0 Å². The highest BCUT2D eigenvalue weighted by Gasteiger charge is 2.30. The van der Waals surface area contributed by atoms with Gasteiger partial charge in [0.2, 0.25) is 0 Å². The Morgan fingerprint density at radius 1 is 0.571 bits per heavy atom. The number of benzene rings is 3. The second-order valence-corrected chi connectivity index (χ2v) is 5.73. The van der Waals surface area contributed by atoms with Gasteiger partial charge < -0.3 is 0 Å². The fourth-order valence-corrected chi connectivity index (χ4v) is 3.00. The Balaban J connectivity index is 2.25. The van der Waals surface area contributed by atoms with E-state index in [1.54, 1.807) is 0 Å². The van der Waals surface area contributed by atoms with Crippen molar-refractivity contribution >= 4 is 0 Å². The van der Waals surface area contributed by atoms with Gasteiger partial charge in [-0.1, -0.05) is 90.5 Å². The van der Waals surface area contributed by atoms with Crippen molar-refractivity contribution in [2.45, 2.75) is 19.3 Å². The molecule has 3 rings (SSSR count). The van der Waals surface area contributed by atoms with Crippen LogP contribution in [-0.4, -0.2) is 0 Å². The second-order valence-electron chi connectivity index (χ2n) is 5.73. The van der Waals surface area contributed by atoms with Crippen molar-refractivity contribution in [2.75, 3.05) is 0 Å². The molecule has 0 spiro atoms. The van der Waals surface area contributed by atoms with E-state index in [0.717, 1.165) is 0 Å². The Morgan fingerprint density at radius 3 is 1.52 bits per heavy atom. The molecule has 0 aliphatic rings. The summed E-state index contributed by atoms with van der Waals surface area (Å²) in [5, 5.41) is 0. The third-order valence-corrected chi connectivity index (χ3v) is 4.30. The smallest absolute Gasteiger partial charge is 0.0423 e. The molecule has 0 unspecified atom stereocenters. The van der Waals surface area contributed by atoms with Crippen LogP contribution in [0.15, 0.2) is 84.9 Å². The van der Waals surface area contributed by atoms with Crippen molar-refractivity contribution in [2.24, 2.45) is 0 Å². The minimum absolute atomic E-state index is 0.130. The Labute approximate surface area is 127 Å². The van der Waals surface area contributed by atoms with Crippen LogP contribution in [-0.2, 0) is 5.41 Å². The van der Waals surface area contributed by atoms with Crippen LogP contribution in [0.3, 0.4) is 0 Å². The van der Waals surface area contributed by atoms with Crippen molar-refractivity contribution in [3.05, 3.63) is 107 Å². The highest BCUT2D eigenvalue weighted by molar-refractivity contribution is 5.49. The van der Waals surface area contributed by atoms with Gasteiger partial charge in [-0.2, -0.15) is 0 Å². The van der Waals surface area contributed by atoms with Gasteiger partial charge in [-0.25, -0.2) is 0 Å². The molecule has 0 atom stereocenters. The summed E-state index contributed by atoms with van der Waals surface area (Å²) in [5.41, 5.74) is 5.14. The van der Waals surface area contributed by atoms with E-state index < -0.39 is 0 Å². The predicted molar refractivity (Wildman–Crippen MR) is 89.6 cm³/mol. The molecule has 3 aromatic rings. The Bertz CT molecular complexity index is 672. The van der Waals surface area contributed by atoms with Gasteiger partial charge in [0.25, 0.3) is 0 Å². The van der Waals surface area contributed by atoms with Crippen molar-refractivity contribution < 1.29 is 0 Å². The summed E-state index contributed by atoms with van der Waals surface area (Å²) in [6.45, 7) is 4.46. The maximum atomic E-state index is 2.31. The van der Waals surface area contributed by atoms with Crippen LogP contribution in [0.1, 0.15) is 29.2 Å². The third-order valence-electron chi connectivity index (χ3n) is 4.30. The van der Waals surface area contributed by atoms with Gasteiger partial charge in [0, 0.05) is 5.41 Å². The maximum Gasteiger partial charge on any atom is 0.0423 e. The average Bonchev–Trinajstić information content (AvgIpc) is 2.56. The lowest BCUT2D eigenvalue weighted by atomic mass is 9.71. The predicted octanol–water partition coefficient (Wildman–Crippen LogP) is 5.35. The van der Waals surface area contributed by atoms with Crippen LogP contribution in [0.5, 0.6) is 0 Å². The maximum absolute atomic E-state index is 2.31. The van der Waals surface area contributed by atoms with E-state index in [4.69, 9.17) is 0 Å². The van der Waals surface area contributed by atoms with Crippen molar-refractivity contribution in [3.8, 4) is 0 Å². The molecule has 3 aromatic carbocycles. The largest absolute Gasteiger partial charge is 0.0622 e. The molecule has 0 fully saturated rings. The van der Waals surface area contributed by atoms with E-state index in [1.165, 1.54) is 22.3 Å². The van der Waals surface area contributed by atoms with Gasteiger partial charge in [-0.05, 0) is 30.5 Å². The quantitative estimate of drug-likeness (QED) is 0.564. The lowest BCUT2D eigenvalue weighted by Crippen LogP contribution is -2.25. The minimum Gasteiger partial charge on any atom is -0.0622 e. The molecular weight excluding hydrogens is 252 g/mol. The molecule has 0 radical (unpaired) electrons. The first-order chi connectivity index (χ1) is 10.2. The molecule has 104 valence electrons. The first-order valence-corrected chi connectivity index (χ1v) is 7.39. The highest BCUT2D eigenvalue weighted by atomic mass is 14.3. The number of hydrogen-bond donors (Lipinski definition) is 0. The van der Waals surface area contributed by atoms with Crippen LogP contribution in [0.25, 0.3) is 0 Å². The minimum atomic E-state index is -0.130. The summed E-state index contributed by atoms with van der Waals surface area (Å²) >= 11 is 0. The fourth-order valence-electron chi connectivity index (χ4n) is 3.00. The summed E-state index contributed by atoms with van der Waals surface area (Å²) in [6.07, 6.45) is 0. The van der Waals surface area contributed by atoms with Gasteiger partial charge in [0.05, 0.1) is 0 Å². The lowest BCUT2D eigenvalue weighted by Gasteiger charge is -2.32. The SMILES string of the molecule is Cc1cccc(C(C)(c2ccccc2)c2ccccc2)c1. The van der Waals surface area contributed by atoms with E-state index in [9.17, 15) is 0 Å². The molecule has 0 saturated heterocycles. The zero-order chi connectivity index (χ0) is 14.7. The van der Waals surface area contributed by atoms with Gasteiger partial charge in [0.1, 0.15) is 0 Å². The molecule has 0 bridgehead atoms. The average molecular weight is 272 g/mol. The zero-order valence-corrected chi connectivity index (χ0v) is 12.6. The van der Waals surface area contributed by atoms with Crippen LogP contribution in [0.4, 0.5) is 0 Å². The van der Waals surface area contributed by atoms with Crippen molar-refractivity contribution in [1.82, 2.24) is 0 Å². The van der Waals surface area contributed by atoms with Crippen LogP contribution >= 0.6 is 0 Å². The monoisotopic (exact) mass is 272 g/mol. The molecule has 0 amide bonds. The Hall–Kier alpha value is -2.34. The highest BCUT2D eigenvalue weighted by Crippen LogP contribution is 2.38. The second kappa shape index (κ2) is 5.57. The van der Waals surface area contributed by atoms with Gasteiger partial charge in [0.15, 0.2) is 0 Å². The summed E-state index contributed by atoms with van der Waals surface area (Å²) in [5.74, 6) is 0. The van der Waals surface area contributed by atoms with Crippen LogP contribution in [0.2, 0.25) is 0 Å². The molecule has 0 aliphatic heterocycles. The molecule has 0 N–H and O–H groups in total. The topological polar surface area (TPSA) is 0 Å². The molecule has 21 heavy (non-hydrogen) atoms. The standard InChI is InChI=1S/C21H20/c1-17-10-9-15-20(16-17)21(2,18-11-5-3-6-12-18)19-13-7-4-8-14-19/h3-16H,1-2H3. The molecular formula is C21H20. The first kappa shape index (κ1) is 13.6. The number of hydrogen-bond acceptors (Lipinski definition) is 0. The van der Waals surface area contributed by atoms with E-state index in [-0.39, 0.29) is 5.41 Å². The van der Waals surface area contributed by atoms with Gasteiger partial charge >= 0.3 is 0 Å². The molecule has 0 aromatic heterocycles. The van der Waals surface area contributed by atoms with Crippen LogP contribution < -0.4 is 0 Å². The van der Waals surface area contributed by atoms with Gasteiger partial charge in [-0.3, -0.25) is 0 Å². The summed E-state index contributed by atoms with van der Waals surface area (Å²) in [6, 6.07) is 30.3. The van der Waals surface area contributed by atoms with E-state index in [1.807, 2.05) is 0 Å². The van der Waals surface area contributed by atoms with Crippen LogP contribution in [0, 0.1) is 6.92 Å². The van der Waals surface area contributed by atoms with Crippen molar-refractivity contribution in [3.63, 3.8) is 0 Å². The Kier molecular flexibility index (Phi) is 3.62. The zero-order valence-electron chi connectivity index (χ0n) is 12.6. The van der Waals surface area contributed by atoms with Crippen molar-refractivity contribution in [1.29, 1.82) is 0 Å². The number of rotatable bonds is 3. The molecule has 0 heteroatoms. The molecule has 0 aliphatic carbocycles. The first-order valence-electron chi connectivity index (χ1n) is 7.39. The molecule has 0 saturated carbocycles. The van der Waals surface area contributed by atoms with Gasteiger partial charge in [-0.15, -0.1) is 0 Å². The summed E-state index contributed by atoms with van der Waals surface area (Å²) in [4.78, 5) is 0. The molecule has 0 heterocycles. The fraction of sp³-hybridized carbons (Fsp3) is 0.143. The summed E-state index contributed by atoms with van der Waals surface area (Å²) < 4.78 is 0. The van der Waals surface area contributed by atoms with E-state index in [2.05, 4.69) is 98.8 Å². The third kappa shape index (κ3) is 2.50.